The van der Waals surface area contributed by atoms with Crippen molar-refractivity contribution in [2.24, 2.45) is 10.7 Å². The van der Waals surface area contributed by atoms with Crippen LogP contribution in [0.2, 0.25) is 0 Å². The average Bonchev–Trinajstić information content (AvgIpc) is 2.99. The Bertz CT molecular complexity index is 1170. The van der Waals surface area contributed by atoms with Crippen molar-refractivity contribution >= 4 is 11.9 Å². The molecule has 30 heavy (non-hydrogen) atoms. The first-order valence-corrected chi connectivity index (χ1v) is 8.94. The van der Waals surface area contributed by atoms with E-state index in [0.29, 0.717) is 6.07 Å². The van der Waals surface area contributed by atoms with Crippen molar-refractivity contribution in [3.05, 3.63) is 83.3 Å². The lowest BCUT2D eigenvalue weighted by molar-refractivity contribution is -0.129. The number of nitrogens with two attached hydrogens (primary N) is 1. The third kappa shape index (κ3) is 2.90. The van der Waals surface area contributed by atoms with E-state index in [4.69, 9.17) is 5.73 Å². The van der Waals surface area contributed by atoms with Gasteiger partial charge < -0.3 is 5.73 Å². The molecule has 1 unspecified atom stereocenters. The molecule has 0 spiro atoms. The summed E-state index contributed by atoms with van der Waals surface area (Å²) in [6, 6.07) is 9.48. The summed E-state index contributed by atoms with van der Waals surface area (Å²) in [5.74, 6) is -2.65. The fourth-order valence-electron chi connectivity index (χ4n) is 3.48. The van der Waals surface area contributed by atoms with Crippen LogP contribution in [-0.4, -0.2) is 33.8 Å². The molecule has 1 amide bonds. The van der Waals surface area contributed by atoms with Crippen molar-refractivity contribution < 1.29 is 18.0 Å². The molecule has 4 rings (SSSR count). The van der Waals surface area contributed by atoms with Gasteiger partial charge in [0, 0.05) is 36.6 Å². The maximum atomic E-state index is 15.1. The van der Waals surface area contributed by atoms with Crippen molar-refractivity contribution in [3.8, 4) is 11.3 Å². The minimum atomic E-state index is -1.95. The van der Waals surface area contributed by atoms with E-state index in [9.17, 15) is 13.6 Å². The standard InChI is InChI=1S/C21H16F3N5O/c1-29-19(30)21(28-20(29)25,12-5-7-26-13(8-12)11-22)15-9-14(16(23)10-17(15)24)18-4-2-3-6-27-18/h2-10H,11H2,1H3,(H2,25,28). The Labute approximate surface area is 169 Å². The zero-order valence-electron chi connectivity index (χ0n) is 15.8. The minimum Gasteiger partial charge on any atom is -0.369 e. The van der Waals surface area contributed by atoms with Gasteiger partial charge in [0.05, 0.1) is 11.4 Å². The molecule has 1 aliphatic heterocycles. The fourth-order valence-corrected chi connectivity index (χ4v) is 3.48. The van der Waals surface area contributed by atoms with Gasteiger partial charge >= 0.3 is 0 Å². The highest BCUT2D eigenvalue weighted by molar-refractivity contribution is 6.09. The third-order valence-electron chi connectivity index (χ3n) is 5.00. The Morgan fingerprint density at radius 1 is 1.07 bits per heavy atom. The number of nitrogens with zero attached hydrogens (tertiary/aromatic N) is 4. The van der Waals surface area contributed by atoms with Crippen LogP contribution in [0.3, 0.4) is 0 Å². The van der Waals surface area contributed by atoms with Gasteiger partial charge in [0.25, 0.3) is 5.91 Å². The minimum absolute atomic E-state index is 0.0118. The van der Waals surface area contributed by atoms with E-state index in [1.54, 1.807) is 18.2 Å². The Morgan fingerprint density at radius 3 is 2.50 bits per heavy atom. The SMILES string of the molecule is CN1C(=O)C(c2ccnc(CF)c2)(c2cc(-c3ccccn3)c(F)cc2F)N=C1N. The van der Waals surface area contributed by atoms with Crippen molar-refractivity contribution in [1.29, 1.82) is 0 Å². The first kappa shape index (κ1) is 19.6. The predicted octanol–water partition coefficient (Wildman–Crippen LogP) is 2.92. The Balaban J connectivity index is 2.03. The van der Waals surface area contributed by atoms with E-state index in [-0.39, 0.29) is 34.0 Å². The molecule has 3 heterocycles. The fraction of sp³-hybridized carbons (Fsp3) is 0.143. The summed E-state index contributed by atoms with van der Waals surface area (Å²) in [7, 11) is 1.39. The number of rotatable bonds is 4. The molecule has 3 aromatic rings. The maximum Gasteiger partial charge on any atom is 0.266 e. The lowest BCUT2D eigenvalue weighted by Crippen LogP contribution is -2.41. The van der Waals surface area contributed by atoms with E-state index in [1.165, 1.54) is 37.6 Å². The van der Waals surface area contributed by atoms with E-state index >= 15 is 4.39 Å². The molecular weight excluding hydrogens is 395 g/mol. The number of pyridine rings is 2. The van der Waals surface area contributed by atoms with Crippen LogP contribution in [0.15, 0.2) is 59.9 Å². The Kier molecular flexibility index (Phi) is 4.73. The van der Waals surface area contributed by atoms with Gasteiger partial charge in [-0.3, -0.25) is 19.7 Å². The lowest BCUT2D eigenvalue weighted by atomic mass is 9.81. The summed E-state index contributed by atoms with van der Waals surface area (Å²) in [6.45, 7) is -0.891. The van der Waals surface area contributed by atoms with E-state index in [2.05, 4.69) is 15.0 Å². The van der Waals surface area contributed by atoms with Gasteiger partial charge in [-0.25, -0.2) is 18.2 Å². The number of amides is 1. The van der Waals surface area contributed by atoms with Crippen LogP contribution in [-0.2, 0) is 17.0 Å². The van der Waals surface area contributed by atoms with Gasteiger partial charge in [0.1, 0.15) is 18.3 Å². The summed E-state index contributed by atoms with van der Waals surface area (Å²) in [4.78, 5) is 26.6. The smallest absolute Gasteiger partial charge is 0.266 e. The Hall–Kier alpha value is -3.75. The number of carbonyl (C=O) groups is 1. The number of aliphatic imine (C=N–C) groups is 1. The van der Waals surface area contributed by atoms with Crippen LogP contribution in [0.5, 0.6) is 0 Å². The first-order chi connectivity index (χ1) is 14.4. The normalized spacial score (nSPS) is 18.6. The number of hydrogen-bond donors (Lipinski definition) is 1. The summed E-state index contributed by atoms with van der Waals surface area (Å²) in [6.07, 6.45) is 2.76. The van der Waals surface area contributed by atoms with E-state index < -0.39 is 29.8 Å². The number of halogens is 3. The number of carbonyl (C=O) groups excluding carboxylic acids is 1. The zero-order valence-corrected chi connectivity index (χ0v) is 15.8. The van der Waals surface area contributed by atoms with E-state index in [1.807, 2.05) is 0 Å². The molecule has 6 nitrogen and oxygen atoms in total. The number of guanidine groups is 1. The second-order valence-electron chi connectivity index (χ2n) is 6.74. The van der Waals surface area contributed by atoms with Crippen molar-refractivity contribution in [2.75, 3.05) is 7.05 Å². The number of aromatic nitrogens is 2. The summed E-state index contributed by atoms with van der Waals surface area (Å²) in [5, 5.41) is 0. The first-order valence-electron chi connectivity index (χ1n) is 8.94. The van der Waals surface area contributed by atoms with Crippen LogP contribution in [0, 0.1) is 11.6 Å². The second kappa shape index (κ2) is 7.25. The monoisotopic (exact) mass is 411 g/mol. The number of hydrogen-bond acceptors (Lipinski definition) is 5. The molecule has 0 aliphatic carbocycles. The molecule has 2 aromatic heterocycles. The van der Waals surface area contributed by atoms with Crippen molar-refractivity contribution in [1.82, 2.24) is 14.9 Å². The Morgan fingerprint density at radius 2 is 1.87 bits per heavy atom. The molecule has 152 valence electrons. The number of benzene rings is 1. The van der Waals surface area contributed by atoms with Crippen LogP contribution in [0.4, 0.5) is 13.2 Å². The van der Waals surface area contributed by atoms with Gasteiger partial charge in [0.2, 0.25) is 0 Å². The predicted molar refractivity (Wildman–Crippen MR) is 104 cm³/mol. The van der Waals surface area contributed by atoms with Crippen LogP contribution >= 0.6 is 0 Å². The largest absolute Gasteiger partial charge is 0.369 e. The highest BCUT2D eigenvalue weighted by Gasteiger charge is 2.51. The van der Waals surface area contributed by atoms with Gasteiger partial charge in [-0.05, 0) is 35.9 Å². The van der Waals surface area contributed by atoms with Gasteiger partial charge in [-0.1, -0.05) is 6.07 Å². The quantitative estimate of drug-likeness (QED) is 0.716. The van der Waals surface area contributed by atoms with Gasteiger partial charge in [-0.15, -0.1) is 0 Å². The molecule has 0 saturated carbocycles. The molecule has 0 bridgehead atoms. The molecular formula is C21H16F3N5O. The van der Waals surface area contributed by atoms with Crippen LogP contribution in [0.25, 0.3) is 11.3 Å². The summed E-state index contributed by atoms with van der Waals surface area (Å²) in [5.41, 5.74) is 4.14. The summed E-state index contributed by atoms with van der Waals surface area (Å²) < 4.78 is 42.9. The second-order valence-corrected chi connectivity index (χ2v) is 6.74. The number of likely N-dealkylation sites (N-methyl/N-ethyl adjacent to an activating group) is 1. The molecule has 1 aromatic carbocycles. The molecule has 0 radical (unpaired) electrons. The van der Waals surface area contributed by atoms with Crippen LogP contribution in [0.1, 0.15) is 16.8 Å². The molecule has 2 N–H and O–H groups in total. The average molecular weight is 411 g/mol. The molecule has 9 heteroatoms. The molecule has 0 fully saturated rings. The van der Waals surface area contributed by atoms with Crippen molar-refractivity contribution in [3.63, 3.8) is 0 Å². The summed E-state index contributed by atoms with van der Waals surface area (Å²) >= 11 is 0. The molecule has 1 atom stereocenters. The van der Waals surface area contributed by atoms with Crippen molar-refractivity contribution in [2.45, 2.75) is 12.2 Å². The highest BCUT2D eigenvalue weighted by atomic mass is 19.1. The highest BCUT2D eigenvalue weighted by Crippen LogP contribution is 2.42. The van der Waals surface area contributed by atoms with E-state index in [0.717, 1.165) is 4.90 Å². The molecule has 1 aliphatic rings. The number of alkyl halides is 1. The van der Waals surface area contributed by atoms with Gasteiger partial charge in [0.15, 0.2) is 11.5 Å². The van der Waals surface area contributed by atoms with Gasteiger partial charge in [-0.2, -0.15) is 0 Å². The lowest BCUT2D eigenvalue weighted by Gasteiger charge is -2.27. The third-order valence-corrected chi connectivity index (χ3v) is 5.00. The molecule has 0 saturated heterocycles. The zero-order chi connectivity index (χ0) is 21.5. The topological polar surface area (TPSA) is 84.5 Å². The maximum absolute atomic E-state index is 15.1. The van der Waals surface area contributed by atoms with Crippen LogP contribution < -0.4 is 5.73 Å².